The van der Waals surface area contributed by atoms with Crippen LogP contribution in [0.25, 0.3) is 0 Å². The van der Waals surface area contributed by atoms with Gasteiger partial charge in [0.2, 0.25) is 12.7 Å². The number of hydrogen-bond acceptors (Lipinski definition) is 6. The summed E-state index contributed by atoms with van der Waals surface area (Å²) in [4.78, 5) is 16.9. The van der Waals surface area contributed by atoms with Crippen LogP contribution in [0.3, 0.4) is 0 Å². The monoisotopic (exact) mass is 398 g/mol. The number of anilines is 1. The van der Waals surface area contributed by atoms with Gasteiger partial charge in [-0.1, -0.05) is 6.07 Å². The van der Waals surface area contributed by atoms with E-state index >= 15 is 0 Å². The van der Waals surface area contributed by atoms with Gasteiger partial charge < -0.3 is 28.7 Å². The largest absolute Gasteiger partial charge is 0.493 e. The van der Waals surface area contributed by atoms with E-state index in [9.17, 15) is 4.79 Å². The van der Waals surface area contributed by atoms with Crippen LogP contribution in [0.2, 0.25) is 0 Å². The lowest BCUT2D eigenvalue weighted by atomic mass is 10.1. The molecule has 2 aliphatic heterocycles. The zero-order valence-electron chi connectivity index (χ0n) is 16.8. The predicted octanol–water partition coefficient (Wildman–Crippen LogP) is 2.71. The summed E-state index contributed by atoms with van der Waals surface area (Å²) in [5, 5.41) is 0. The molecule has 29 heavy (non-hydrogen) atoms. The molecule has 0 unspecified atom stereocenters. The van der Waals surface area contributed by atoms with Crippen molar-refractivity contribution in [3.63, 3.8) is 0 Å². The van der Waals surface area contributed by atoms with Crippen molar-refractivity contribution in [2.24, 2.45) is 0 Å². The van der Waals surface area contributed by atoms with Gasteiger partial charge >= 0.3 is 0 Å². The van der Waals surface area contributed by atoms with Crippen LogP contribution in [0.4, 0.5) is 5.69 Å². The molecule has 0 atom stereocenters. The zero-order chi connectivity index (χ0) is 20.2. The van der Waals surface area contributed by atoms with Crippen molar-refractivity contribution in [3.05, 3.63) is 42.0 Å². The Morgan fingerprint density at radius 1 is 0.931 bits per heavy atom. The third-order valence-electron chi connectivity index (χ3n) is 5.43. The first-order chi connectivity index (χ1) is 14.2. The normalized spacial score (nSPS) is 15.4. The summed E-state index contributed by atoms with van der Waals surface area (Å²) in [6.45, 7) is 3.34. The second-order valence-corrected chi connectivity index (χ2v) is 7.09. The molecule has 0 radical (unpaired) electrons. The predicted molar refractivity (Wildman–Crippen MR) is 109 cm³/mol. The van der Waals surface area contributed by atoms with E-state index in [0.717, 1.165) is 48.9 Å². The maximum absolute atomic E-state index is 12.7. The van der Waals surface area contributed by atoms with E-state index in [1.54, 1.807) is 14.2 Å². The van der Waals surface area contributed by atoms with Crippen molar-refractivity contribution in [2.75, 3.05) is 52.1 Å². The molecule has 2 aromatic rings. The van der Waals surface area contributed by atoms with Gasteiger partial charge in [0.15, 0.2) is 23.0 Å². The number of ether oxygens (including phenoxy) is 4. The molecular weight excluding hydrogens is 372 g/mol. The Hall–Kier alpha value is -3.09. The highest BCUT2D eigenvalue weighted by molar-refractivity contribution is 5.77. The van der Waals surface area contributed by atoms with Gasteiger partial charge in [0.25, 0.3) is 0 Å². The zero-order valence-corrected chi connectivity index (χ0v) is 16.8. The van der Waals surface area contributed by atoms with Crippen molar-refractivity contribution in [2.45, 2.75) is 12.8 Å². The topological polar surface area (TPSA) is 60.5 Å². The first-order valence-corrected chi connectivity index (χ1v) is 9.81. The molecule has 0 N–H and O–H groups in total. The van der Waals surface area contributed by atoms with Crippen LogP contribution in [0.15, 0.2) is 36.4 Å². The second kappa shape index (κ2) is 8.51. The fraction of sp³-hybridized carbons (Fsp3) is 0.409. The molecule has 1 saturated heterocycles. The SMILES string of the molecule is COc1ccc(CCC(=O)N2CCN(c3ccc4c(c3)OCO4)CC2)cc1OC. The van der Waals surface area contributed by atoms with Crippen molar-refractivity contribution in [1.29, 1.82) is 0 Å². The highest BCUT2D eigenvalue weighted by Gasteiger charge is 2.23. The number of aryl methyl sites for hydroxylation is 1. The smallest absolute Gasteiger partial charge is 0.231 e. The minimum atomic E-state index is 0.185. The summed E-state index contributed by atoms with van der Waals surface area (Å²) >= 11 is 0. The number of methoxy groups -OCH3 is 2. The highest BCUT2D eigenvalue weighted by Crippen LogP contribution is 2.35. The quantitative estimate of drug-likeness (QED) is 0.746. The number of nitrogens with zero attached hydrogens (tertiary/aromatic N) is 2. The van der Waals surface area contributed by atoms with Crippen LogP contribution in [0.5, 0.6) is 23.0 Å². The number of benzene rings is 2. The minimum absolute atomic E-state index is 0.185. The number of rotatable bonds is 6. The van der Waals surface area contributed by atoms with E-state index in [-0.39, 0.29) is 12.7 Å². The number of fused-ring (bicyclic) bond motifs is 1. The van der Waals surface area contributed by atoms with Crippen LogP contribution in [0, 0.1) is 0 Å². The average molecular weight is 398 g/mol. The molecule has 0 bridgehead atoms. The van der Waals surface area contributed by atoms with E-state index < -0.39 is 0 Å². The molecule has 154 valence electrons. The van der Waals surface area contributed by atoms with Crippen molar-refractivity contribution >= 4 is 11.6 Å². The van der Waals surface area contributed by atoms with Crippen LogP contribution >= 0.6 is 0 Å². The Labute approximate surface area is 170 Å². The Kier molecular flexibility index (Phi) is 5.64. The first-order valence-electron chi connectivity index (χ1n) is 9.81. The molecule has 1 fully saturated rings. The van der Waals surface area contributed by atoms with Crippen LogP contribution < -0.4 is 23.8 Å². The standard InChI is InChI=1S/C22H26N2O5/c1-26-18-6-3-16(13-20(18)27-2)4-8-22(25)24-11-9-23(10-12-24)17-5-7-19-21(14-17)29-15-28-19/h3,5-7,13-14H,4,8-12,15H2,1-2H3. The third-order valence-corrected chi connectivity index (χ3v) is 5.43. The molecule has 0 spiro atoms. The maximum atomic E-state index is 12.7. The Morgan fingerprint density at radius 3 is 2.45 bits per heavy atom. The molecule has 2 heterocycles. The average Bonchev–Trinajstić information content (AvgIpc) is 3.25. The van der Waals surface area contributed by atoms with Crippen LogP contribution in [-0.4, -0.2) is 58.0 Å². The van der Waals surface area contributed by atoms with Gasteiger partial charge in [-0.05, 0) is 36.2 Å². The fourth-order valence-corrected chi connectivity index (χ4v) is 3.74. The van der Waals surface area contributed by atoms with Crippen molar-refractivity contribution in [1.82, 2.24) is 4.90 Å². The molecule has 2 aliphatic rings. The molecule has 7 nitrogen and oxygen atoms in total. The Bertz CT molecular complexity index is 878. The number of amides is 1. The maximum Gasteiger partial charge on any atom is 0.231 e. The van der Waals surface area contributed by atoms with E-state index in [4.69, 9.17) is 18.9 Å². The fourth-order valence-electron chi connectivity index (χ4n) is 3.74. The van der Waals surface area contributed by atoms with Crippen LogP contribution in [-0.2, 0) is 11.2 Å². The van der Waals surface area contributed by atoms with Crippen molar-refractivity contribution < 1.29 is 23.7 Å². The van der Waals surface area contributed by atoms with E-state index in [1.165, 1.54) is 0 Å². The lowest BCUT2D eigenvalue weighted by Gasteiger charge is -2.36. The van der Waals surface area contributed by atoms with Gasteiger partial charge in [-0.25, -0.2) is 0 Å². The Morgan fingerprint density at radius 2 is 1.69 bits per heavy atom. The van der Waals surface area contributed by atoms with Gasteiger partial charge in [-0.3, -0.25) is 4.79 Å². The lowest BCUT2D eigenvalue weighted by molar-refractivity contribution is -0.131. The lowest BCUT2D eigenvalue weighted by Crippen LogP contribution is -2.48. The van der Waals surface area contributed by atoms with Crippen molar-refractivity contribution in [3.8, 4) is 23.0 Å². The molecule has 0 aromatic heterocycles. The molecule has 7 heteroatoms. The molecule has 0 saturated carbocycles. The second-order valence-electron chi connectivity index (χ2n) is 7.09. The number of piperazine rings is 1. The third kappa shape index (κ3) is 4.18. The molecule has 0 aliphatic carbocycles. The summed E-state index contributed by atoms with van der Waals surface area (Å²) in [5.74, 6) is 3.15. The first kappa shape index (κ1) is 19.2. The van der Waals surface area contributed by atoms with Gasteiger partial charge in [0, 0.05) is 44.4 Å². The molecule has 1 amide bonds. The Balaban J connectivity index is 1.29. The number of carbonyl (C=O) groups is 1. The van der Waals surface area contributed by atoms with E-state index in [2.05, 4.69) is 4.90 Å². The highest BCUT2D eigenvalue weighted by atomic mass is 16.7. The number of hydrogen-bond donors (Lipinski definition) is 0. The molecule has 2 aromatic carbocycles. The van der Waals surface area contributed by atoms with Gasteiger partial charge in [0.05, 0.1) is 14.2 Å². The molecule has 4 rings (SSSR count). The van der Waals surface area contributed by atoms with Gasteiger partial charge in [-0.15, -0.1) is 0 Å². The van der Waals surface area contributed by atoms with E-state index in [1.807, 2.05) is 41.3 Å². The number of carbonyl (C=O) groups excluding carboxylic acids is 1. The summed E-state index contributed by atoms with van der Waals surface area (Å²) in [6.07, 6.45) is 1.17. The summed E-state index contributed by atoms with van der Waals surface area (Å²) in [5.41, 5.74) is 2.17. The van der Waals surface area contributed by atoms with Gasteiger partial charge in [-0.2, -0.15) is 0 Å². The van der Waals surface area contributed by atoms with E-state index in [0.29, 0.717) is 24.3 Å². The van der Waals surface area contributed by atoms with Gasteiger partial charge in [0.1, 0.15) is 0 Å². The minimum Gasteiger partial charge on any atom is -0.493 e. The summed E-state index contributed by atoms with van der Waals surface area (Å²) in [6, 6.07) is 11.8. The molecular formula is C22H26N2O5. The van der Waals surface area contributed by atoms with Crippen LogP contribution in [0.1, 0.15) is 12.0 Å². The summed E-state index contributed by atoms with van der Waals surface area (Å²) < 4.78 is 21.4. The summed E-state index contributed by atoms with van der Waals surface area (Å²) in [7, 11) is 3.23.